The lowest BCUT2D eigenvalue weighted by atomic mass is 10.3. The van der Waals surface area contributed by atoms with Crippen LogP contribution in [0.5, 0.6) is 0 Å². The number of nitrogens with zero attached hydrogens (tertiary/aromatic N) is 1. The molecule has 1 aromatic carbocycles. The summed E-state index contributed by atoms with van der Waals surface area (Å²) in [6, 6.07) is 5.87. The maximum absolute atomic E-state index is 10.4. The van der Waals surface area contributed by atoms with E-state index in [-0.39, 0.29) is 5.75 Å². The van der Waals surface area contributed by atoms with E-state index in [4.69, 9.17) is 5.11 Å². The Bertz CT molecular complexity index is 507. The lowest BCUT2D eigenvalue weighted by Crippen LogP contribution is -1.97. The number of aliphatic carboxylic acids is 1. The molecule has 1 heterocycles. The number of rotatable bonds is 3. The fourth-order valence-electron chi connectivity index (χ4n) is 1.26. The monoisotopic (exact) mass is 239 g/mol. The van der Waals surface area contributed by atoms with Crippen LogP contribution in [0.1, 0.15) is 5.01 Å². The van der Waals surface area contributed by atoms with Crippen molar-refractivity contribution in [3.63, 3.8) is 0 Å². The Morgan fingerprint density at radius 3 is 3.13 bits per heavy atom. The molecule has 0 bridgehead atoms. The van der Waals surface area contributed by atoms with Crippen LogP contribution in [-0.2, 0) is 4.79 Å². The lowest BCUT2D eigenvalue weighted by Gasteiger charge is -1.97. The van der Waals surface area contributed by atoms with Gasteiger partial charge in [0.2, 0.25) is 0 Å². The third-order valence-electron chi connectivity index (χ3n) is 1.83. The quantitative estimate of drug-likeness (QED) is 0.837. The third-order valence-corrected chi connectivity index (χ3v) is 3.76. The Morgan fingerprint density at radius 2 is 2.40 bits per heavy atom. The number of aromatic nitrogens is 1. The van der Waals surface area contributed by atoms with Crippen LogP contribution in [0.25, 0.3) is 10.2 Å². The van der Waals surface area contributed by atoms with Gasteiger partial charge in [-0.1, -0.05) is 0 Å². The molecule has 0 radical (unpaired) electrons. The van der Waals surface area contributed by atoms with Gasteiger partial charge in [-0.25, -0.2) is 4.98 Å². The molecule has 0 atom stereocenters. The average molecular weight is 239 g/mol. The second-order valence-electron chi connectivity index (χ2n) is 3.04. The molecule has 0 aliphatic carbocycles. The van der Waals surface area contributed by atoms with E-state index in [1.165, 1.54) is 11.8 Å². The first-order chi connectivity index (χ1) is 7.15. The van der Waals surface area contributed by atoms with E-state index < -0.39 is 5.97 Å². The fourth-order valence-corrected chi connectivity index (χ4v) is 2.71. The number of carboxylic acids is 1. The number of thiazole rings is 1. The molecule has 0 saturated heterocycles. The minimum atomic E-state index is -0.797. The summed E-state index contributed by atoms with van der Waals surface area (Å²) >= 11 is 2.97. The van der Waals surface area contributed by atoms with E-state index in [9.17, 15) is 4.79 Å². The molecule has 0 aliphatic heterocycles. The van der Waals surface area contributed by atoms with Gasteiger partial charge < -0.3 is 5.11 Å². The van der Waals surface area contributed by atoms with E-state index in [1.54, 1.807) is 11.3 Å². The molecular weight excluding hydrogens is 230 g/mol. The fraction of sp³-hybridized carbons (Fsp3) is 0.200. The number of aryl methyl sites for hydroxylation is 1. The van der Waals surface area contributed by atoms with Crippen LogP contribution in [0.15, 0.2) is 23.1 Å². The van der Waals surface area contributed by atoms with Crippen LogP contribution in [0.4, 0.5) is 0 Å². The van der Waals surface area contributed by atoms with Gasteiger partial charge in [-0.05, 0) is 25.1 Å². The molecule has 0 aliphatic rings. The Hall–Kier alpha value is -1.07. The van der Waals surface area contributed by atoms with Gasteiger partial charge in [0.05, 0.1) is 21.0 Å². The molecule has 0 fully saturated rings. The minimum Gasteiger partial charge on any atom is -0.481 e. The number of carbonyl (C=O) groups is 1. The largest absolute Gasteiger partial charge is 0.481 e. The summed E-state index contributed by atoms with van der Waals surface area (Å²) in [6.45, 7) is 1.97. The van der Waals surface area contributed by atoms with Crippen molar-refractivity contribution in [1.29, 1.82) is 0 Å². The molecule has 2 rings (SSSR count). The van der Waals surface area contributed by atoms with Crippen LogP contribution in [0.3, 0.4) is 0 Å². The lowest BCUT2D eigenvalue weighted by molar-refractivity contribution is -0.133. The average Bonchev–Trinajstić information content (AvgIpc) is 2.53. The summed E-state index contributed by atoms with van der Waals surface area (Å²) in [5.74, 6) is -0.705. The van der Waals surface area contributed by atoms with Gasteiger partial charge >= 0.3 is 5.97 Å². The molecule has 15 heavy (non-hydrogen) atoms. The van der Waals surface area contributed by atoms with Crippen molar-refractivity contribution in [2.45, 2.75) is 11.8 Å². The van der Waals surface area contributed by atoms with Gasteiger partial charge in [0, 0.05) is 4.90 Å². The van der Waals surface area contributed by atoms with Crippen molar-refractivity contribution in [1.82, 2.24) is 4.98 Å². The van der Waals surface area contributed by atoms with E-state index >= 15 is 0 Å². The Labute approximate surface area is 95.1 Å². The standard InChI is InChI=1S/C10H9NO2S2/c1-6-11-8-4-7(14-5-10(12)13)2-3-9(8)15-6/h2-4H,5H2,1H3,(H,12,13). The van der Waals surface area contributed by atoms with Crippen molar-refractivity contribution < 1.29 is 9.90 Å². The summed E-state index contributed by atoms with van der Waals surface area (Å²) in [6.07, 6.45) is 0. The van der Waals surface area contributed by atoms with Crippen molar-refractivity contribution >= 4 is 39.3 Å². The van der Waals surface area contributed by atoms with Crippen molar-refractivity contribution in [2.75, 3.05) is 5.75 Å². The first kappa shape index (κ1) is 10.4. The molecule has 1 aromatic heterocycles. The third kappa shape index (κ3) is 2.49. The Morgan fingerprint density at radius 1 is 1.60 bits per heavy atom. The van der Waals surface area contributed by atoms with E-state index in [0.29, 0.717) is 0 Å². The maximum atomic E-state index is 10.4. The number of benzene rings is 1. The maximum Gasteiger partial charge on any atom is 0.313 e. The predicted molar refractivity (Wildman–Crippen MR) is 62.7 cm³/mol. The molecule has 0 amide bonds. The highest BCUT2D eigenvalue weighted by atomic mass is 32.2. The molecule has 0 saturated carbocycles. The van der Waals surface area contributed by atoms with Gasteiger partial charge in [-0.15, -0.1) is 23.1 Å². The number of thioether (sulfide) groups is 1. The zero-order chi connectivity index (χ0) is 10.8. The summed E-state index contributed by atoms with van der Waals surface area (Å²) in [5.41, 5.74) is 0.952. The highest BCUT2D eigenvalue weighted by Gasteiger charge is 2.03. The van der Waals surface area contributed by atoms with E-state index in [1.807, 2.05) is 25.1 Å². The molecular formula is C10H9NO2S2. The zero-order valence-corrected chi connectivity index (χ0v) is 9.69. The summed E-state index contributed by atoms with van der Waals surface area (Å²) in [5, 5.41) is 9.59. The molecule has 0 spiro atoms. The Balaban J connectivity index is 2.26. The smallest absolute Gasteiger partial charge is 0.313 e. The number of fused-ring (bicyclic) bond motifs is 1. The zero-order valence-electron chi connectivity index (χ0n) is 8.06. The molecule has 2 aromatic rings. The molecule has 78 valence electrons. The van der Waals surface area contributed by atoms with Crippen LogP contribution >= 0.6 is 23.1 Å². The molecule has 1 N–H and O–H groups in total. The number of carboxylic acid groups (broad SMARTS) is 1. The second-order valence-corrected chi connectivity index (χ2v) is 5.33. The first-order valence-corrected chi connectivity index (χ1v) is 6.17. The molecule has 3 nitrogen and oxygen atoms in total. The normalized spacial score (nSPS) is 10.7. The molecule has 0 unspecified atom stereocenters. The number of hydrogen-bond acceptors (Lipinski definition) is 4. The second kappa shape index (κ2) is 4.20. The van der Waals surface area contributed by atoms with E-state index in [2.05, 4.69) is 4.98 Å². The van der Waals surface area contributed by atoms with E-state index in [0.717, 1.165) is 20.1 Å². The predicted octanol–water partition coefficient (Wildman–Crippen LogP) is 2.78. The highest BCUT2D eigenvalue weighted by Crippen LogP contribution is 2.26. The topological polar surface area (TPSA) is 50.2 Å². The van der Waals surface area contributed by atoms with Gasteiger partial charge in [-0.2, -0.15) is 0 Å². The van der Waals surface area contributed by atoms with Gasteiger partial charge in [0.25, 0.3) is 0 Å². The van der Waals surface area contributed by atoms with Crippen LogP contribution < -0.4 is 0 Å². The minimum absolute atomic E-state index is 0.0919. The molecule has 5 heteroatoms. The van der Waals surface area contributed by atoms with Crippen LogP contribution in [0.2, 0.25) is 0 Å². The van der Waals surface area contributed by atoms with Crippen LogP contribution in [0, 0.1) is 6.92 Å². The summed E-state index contributed by atoms with van der Waals surface area (Å²) < 4.78 is 1.15. The summed E-state index contributed by atoms with van der Waals surface area (Å²) in [4.78, 5) is 15.7. The first-order valence-electron chi connectivity index (χ1n) is 4.37. The summed E-state index contributed by atoms with van der Waals surface area (Å²) in [7, 11) is 0. The number of hydrogen-bond donors (Lipinski definition) is 1. The van der Waals surface area contributed by atoms with Crippen molar-refractivity contribution in [3.05, 3.63) is 23.2 Å². The SMILES string of the molecule is Cc1nc2cc(SCC(=O)O)ccc2s1. The van der Waals surface area contributed by atoms with Gasteiger partial charge in [0.1, 0.15) is 0 Å². The van der Waals surface area contributed by atoms with Gasteiger partial charge in [0.15, 0.2) is 0 Å². The van der Waals surface area contributed by atoms with Crippen LogP contribution in [-0.4, -0.2) is 21.8 Å². The highest BCUT2D eigenvalue weighted by molar-refractivity contribution is 8.00. The Kier molecular flexibility index (Phi) is 2.93. The van der Waals surface area contributed by atoms with Gasteiger partial charge in [-0.3, -0.25) is 4.79 Å². The van der Waals surface area contributed by atoms with Crippen molar-refractivity contribution in [2.24, 2.45) is 0 Å². The van der Waals surface area contributed by atoms with Crippen molar-refractivity contribution in [3.8, 4) is 0 Å².